The van der Waals surface area contributed by atoms with Crippen molar-refractivity contribution in [3.63, 3.8) is 0 Å². The van der Waals surface area contributed by atoms with E-state index in [1.807, 2.05) is 0 Å². The van der Waals surface area contributed by atoms with Crippen molar-refractivity contribution < 1.29 is 35.2 Å². The van der Waals surface area contributed by atoms with Gasteiger partial charge in [0.25, 0.3) is 0 Å². The molecule has 0 radical (unpaired) electrons. The maximum absolute atomic E-state index is 13.9. The van der Waals surface area contributed by atoms with Gasteiger partial charge in [-0.25, -0.2) is 30.4 Å². The van der Waals surface area contributed by atoms with Crippen LogP contribution < -0.4 is 5.32 Å². The normalized spacial score (nSPS) is 15.3. The standard InChI is InChI=1S/C22H18ClF5N4O3S/c23-13-1-3-14(4-2-13)36(34,35)32-9-5-12(6-10-32)22(33)29-16-7-8-31(30-16)11-15-17(24)19(26)21(28)20(27)18(15)25/h1-4,7-8,12H,5-6,9-11H2,(H,29,30,33). The molecule has 0 spiro atoms. The summed E-state index contributed by atoms with van der Waals surface area (Å²) in [5.74, 6) is -11.3. The lowest BCUT2D eigenvalue weighted by molar-refractivity contribution is -0.120. The molecule has 0 bridgehead atoms. The van der Waals surface area contributed by atoms with Crippen molar-refractivity contribution in [1.29, 1.82) is 0 Å². The summed E-state index contributed by atoms with van der Waals surface area (Å²) >= 11 is 5.81. The number of rotatable bonds is 6. The topological polar surface area (TPSA) is 84.3 Å². The molecule has 2 heterocycles. The lowest BCUT2D eigenvalue weighted by atomic mass is 9.97. The summed E-state index contributed by atoms with van der Waals surface area (Å²) in [6.45, 7) is -0.544. The number of piperidine rings is 1. The summed E-state index contributed by atoms with van der Waals surface area (Å²) in [5.41, 5.74) is -1.07. The minimum Gasteiger partial charge on any atom is -0.309 e. The van der Waals surface area contributed by atoms with Crippen molar-refractivity contribution in [3.05, 3.63) is 76.2 Å². The highest BCUT2D eigenvalue weighted by Gasteiger charge is 2.32. The molecule has 192 valence electrons. The number of carbonyl (C=O) groups is 1. The Morgan fingerprint density at radius 2 is 1.50 bits per heavy atom. The van der Waals surface area contributed by atoms with E-state index in [0.717, 1.165) is 4.68 Å². The number of hydrogen-bond donors (Lipinski definition) is 1. The van der Waals surface area contributed by atoms with Crippen LogP contribution in [0.1, 0.15) is 18.4 Å². The average molecular weight is 549 g/mol. The molecule has 0 saturated carbocycles. The molecule has 1 aromatic heterocycles. The van der Waals surface area contributed by atoms with Gasteiger partial charge < -0.3 is 5.32 Å². The van der Waals surface area contributed by atoms with Crippen LogP contribution >= 0.6 is 11.6 Å². The number of nitrogens with zero attached hydrogens (tertiary/aromatic N) is 3. The highest BCUT2D eigenvalue weighted by atomic mass is 35.5. The van der Waals surface area contributed by atoms with E-state index < -0.39 is 63.0 Å². The molecule has 1 aliphatic rings. The Balaban J connectivity index is 1.37. The predicted octanol–water partition coefficient (Wildman–Crippen LogP) is 4.32. The quantitative estimate of drug-likeness (QED) is 0.282. The van der Waals surface area contributed by atoms with E-state index in [1.165, 1.54) is 40.8 Å². The zero-order chi connectivity index (χ0) is 26.2. The van der Waals surface area contributed by atoms with Crippen molar-refractivity contribution in [3.8, 4) is 0 Å². The first-order chi connectivity index (χ1) is 17.0. The second-order valence-electron chi connectivity index (χ2n) is 8.07. The monoisotopic (exact) mass is 548 g/mol. The molecule has 1 aliphatic heterocycles. The molecule has 1 N–H and O–H groups in total. The zero-order valence-electron chi connectivity index (χ0n) is 18.3. The van der Waals surface area contributed by atoms with E-state index in [4.69, 9.17) is 11.6 Å². The minimum absolute atomic E-state index is 0.0000808. The van der Waals surface area contributed by atoms with Gasteiger partial charge in [0.15, 0.2) is 29.1 Å². The fourth-order valence-electron chi connectivity index (χ4n) is 3.81. The van der Waals surface area contributed by atoms with Crippen LogP contribution in [0.15, 0.2) is 41.4 Å². The van der Waals surface area contributed by atoms with Crippen LogP contribution in [0.25, 0.3) is 0 Å². The number of nitrogens with one attached hydrogen (secondary N) is 1. The second kappa shape index (κ2) is 10.1. The fraction of sp³-hybridized carbons (Fsp3) is 0.273. The number of halogens is 6. The first-order valence-electron chi connectivity index (χ1n) is 10.6. The fourth-order valence-corrected chi connectivity index (χ4v) is 5.41. The molecule has 4 rings (SSSR count). The van der Waals surface area contributed by atoms with E-state index in [0.29, 0.717) is 5.02 Å². The molecule has 0 aliphatic carbocycles. The van der Waals surface area contributed by atoms with Gasteiger partial charge in [-0.2, -0.15) is 9.40 Å². The smallest absolute Gasteiger partial charge is 0.243 e. The van der Waals surface area contributed by atoms with Crippen molar-refractivity contribution in [2.24, 2.45) is 5.92 Å². The van der Waals surface area contributed by atoms with Crippen LogP contribution in [0, 0.1) is 35.0 Å². The van der Waals surface area contributed by atoms with Crippen LogP contribution in [0.3, 0.4) is 0 Å². The molecule has 7 nitrogen and oxygen atoms in total. The van der Waals surface area contributed by atoms with Crippen LogP contribution in [0.2, 0.25) is 5.02 Å². The molecule has 14 heteroatoms. The number of carbonyl (C=O) groups excluding carboxylic acids is 1. The number of amides is 1. The van der Waals surface area contributed by atoms with E-state index in [2.05, 4.69) is 10.4 Å². The Morgan fingerprint density at radius 1 is 0.944 bits per heavy atom. The Kier molecular flexibility index (Phi) is 7.34. The van der Waals surface area contributed by atoms with Crippen LogP contribution in [0.4, 0.5) is 27.8 Å². The molecule has 1 amide bonds. The highest BCUT2D eigenvalue weighted by Crippen LogP contribution is 2.26. The van der Waals surface area contributed by atoms with Crippen LogP contribution in [-0.2, 0) is 21.4 Å². The van der Waals surface area contributed by atoms with E-state index in [9.17, 15) is 35.2 Å². The SMILES string of the molecule is O=C(Nc1ccn(Cc2c(F)c(F)c(F)c(F)c2F)n1)C1CCN(S(=O)(=O)c2ccc(Cl)cc2)CC1. The Hall–Kier alpha value is -3.03. The van der Waals surface area contributed by atoms with Crippen molar-refractivity contribution in [1.82, 2.24) is 14.1 Å². The molecule has 36 heavy (non-hydrogen) atoms. The zero-order valence-corrected chi connectivity index (χ0v) is 19.9. The molecule has 0 unspecified atom stereocenters. The predicted molar refractivity (Wildman–Crippen MR) is 119 cm³/mol. The molecule has 1 fully saturated rings. The minimum atomic E-state index is -3.74. The lowest BCUT2D eigenvalue weighted by Gasteiger charge is -2.30. The van der Waals surface area contributed by atoms with Crippen molar-refractivity contribution in [2.75, 3.05) is 18.4 Å². The van der Waals surface area contributed by atoms with E-state index >= 15 is 0 Å². The van der Waals surface area contributed by atoms with Gasteiger partial charge in [-0.05, 0) is 37.1 Å². The van der Waals surface area contributed by atoms with Gasteiger partial charge >= 0.3 is 0 Å². The summed E-state index contributed by atoms with van der Waals surface area (Å²) in [5, 5.41) is 6.82. The molecule has 2 aromatic carbocycles. The van der Waals surface area contributed by atoms with E-state index in [-0.39, 0.29) is 36.6 Å². The Bertz CT molecular complexity index is 1380. The number of anilines is 1. The molecular formula is C22H18ClF5N4O3S. The van der Waals surface area contributed by atoms with Gasteiger partial charge in [0, 0.05) is 36.3 Å². The van der Waals surface area contributed by atoms with Crippen molar-refractivity contribution in [2.45, 2.75) is 24.3 Å². The largest absolute Gasteiger partial charge is 0.309 e. The third-order valence-corrected chi connectivity index (χ3v) is 7.95. The Labute approximate surface area is 207 Å². The van der Waals surface area contributed by atoms with E-state index in [1.54, 1.807) is 0 Å². The highest BCUT2D eigenvalue weighted by molar-refractivity contribution is 7.89. The van der Waals surface area contributed by atoms with Crippen molar-refractivity contribution >= 4 is 33.3 Å². The van der Waals surface area contributed by atoms with Gasteiger partial charge in [-0.3, -0.25) is 9.48 Å². The van der Waals surface area contributed by atoms with Crippen LogP contribution in [-0.4, -0.2) is 41.5 Å². The Morgan fingerprint density at radius 3 is 2.08 bits per heavy atom. The molecular weight excluding hydrogens is 531 g/mol. The third kappa shape index (κ3) is 5.08. The number of hydrogen-bond acceptors (Lipinski definition) is 4. The van der Waals surface area contributed by atoms with Crippen LogP contribution in [0.5, 0.6) is 0 Å². The molecule has 0 atom stereocenters. The second-order valence-corrected chi connectivity index (χ2v) is 10.4. The summed E-state index contributed by atoms with van der Waals surface area (Å²) < 4.78 is 95.6. The summed E-state index contributed by atoms with van der Waals surface area (Å²) in [6.07, 6.45) is 1.68. The average Bonchev–Trinajstić information content (AvgIpc) is 3.31. The number of benzene rings is 2. The summed E-state index contributed by atoms with van der Waals surface area (Å²) in [7, 11) is -3.74. The first-order valence-corrected chi connectivity index (χ1v) is 12.4. The first kappa shape index (κ1) is 26.0. The molecule has 3 aromatic rings. The van der Waals surface area contributed by atoms with Gasteiger partial charge in [0.05, 0.1) is 17.0 Å². The third-order valence-electron chi connectivity index (χ3n) is 5.79. The van der Waals surface area contributed by atoms with Gasteiger partial charge in [0.1, 0.15) is 0 Å². The maximum Gasteiger partial charge on any atom is 0.243 e. The number of sulfonamides is 1. The summed E-state index contributed by atoms with van der Waals surface area (Å²) in [4.78, 5) is 12.7. The van der Waals surface area contributed by atoms with Gasteiger partial charge in [0.2, 0.25) is 21.7 Å². The molecule has 1 saturated heterocycles. The van der Waals surface area contributed by atoms with Gasteiger partial charge in [-0.1, -0.05) is 11.6 Å². The lowest BCUT2D eigenvalue weighted by Crippen LogP contribution is -2.41. The maximum atomic E-state index is 13.9. The number of aromatic nitrogens is 2. The summed E-state index contributed by atoms with van der Waals surface area (Å²) in [6, 6.07) is 7.04. The van der Waals surface area contributed by atoms with Gasteiger partial charge in [-0.15, -0.1) is 0 Å².